The van der Waals surface area contributed by atoms with Crippen LogP contribution in [0.15, 0.2) is 18.6 Å². The highest BCUT2D eigenvalue weighted by Gasteiger charge is 2.07. The van der Waals surface area contributed by atoms with Crippen molar-refractivity contribution in [3.05, 3.63) is 29.8 Å². The summed E-state index contributed by atoms with van der Waals surface area (Å²) in [5, 5.41) is 7.69. The molecule has 0 aliphatic rings. The second-order valence-electron chi connectivity index (χ2n) is 5.43. The Bertz CT molecular complexity index is 579. The van der Waals surface area contributed by atoms with Crippen LogP contribution in [-0.4, -0.2) is 26.4 Å². The fourth-order valence-corrected chi connectivity index (χ4v) is 1.97. The first-order chi connectivity index (χ1) is 10.1. The van der Waals surface area contributed by atoms with E-state index in [0.717, 1.165) is 12.1 Å². The van der Waals surface area contributed by atoms with E-state index in [1.165, 1.54) is 5.56 Å². The molecule has 0 amide bonds. The fraction of sp³-hybridized carbons (Fsp3) is 0.533. The molecule has 0 radical (unpaired) electrons. The van der Waals surface area contributed by atoms with Crippen LogP contribution in [0.25, 0.3) is 0 Å². The minimum Gasteiger partial charge on any atom is -0.476 e. The molecular weight excluding hydrogens is 266 g/mol. The topological polar surface area (TPSA) is 64.9 Å². The first kappa shape index (κ1) is 15.3. The average molecular weight is 289 g/mol. The van der Waals surface area contributed by atoms with Gasteiger partial charge in [-0.1, -0.05) is 20.8 Å². The fourth-order valence-electron chi connectivity index (χ4n) is 1.97. The number of aryl methyl sites for hydroxylation is 2. The molecule has 0 saturated carbocycles. The second-order valence-corrected chi connectivity index (χ2v) is 5.43. The summed E-state index contributed by atoms with van der Waals surface area (Å²) in [6.07, 6.45) is 6.28. The van der Waals surface area contributed by atoms with E-state index in [0.29, 0.717) is 30.8 Å². The van der Waals surface area contributed by atoms with Gasteiger partial charge < -0.3 is 10.1 Å². The standard InChI is InChI=1S/C15H23N5O/c1-5-13-12(9-20(4)19-13)6-17-14-7-16-8-15(18-14)21-10-11(2)3/h7-9,11H,5-6,10H2,1-4H3,(H,17,18). The predicted molar refractivity (Wildman–Crippen MR) is 82.3 cm³/mol. The first-order valence-corrected chi connectivity index (χ1v) is 7.28. The molecule has 0 bridgehead atoms. The molecule has 114 valence electrons. The molecule has 0 fully saturated rings. The molecule has 0 atom stereocenters. The maximum absolute atomic E-state index is 5.58. The summed E-state index contributed by atoms with van der Waals surface area (Å²) in [7, 11) is 1.93. The van der Waals surface area contributed by atoms with Gasteiger partial charge in [0.1, 0.15) is 5.82 Å². The Kier molecular flexibility index (Phi) is 5.14. The van der Waals surface area contributed by atoms with Gasteiger partial charge in [-0.25, -0.2) is 0 Å². The number of hydrogen-bond donors (Lipinski definition) is 1. The average Bonchev–Trinajstić information content (AvgIpc) is 2.83. The van der Waals surface area contributed by atoms with E-state index in [9.17, 15) is 0 Å². The maximum Gasteiger partial charge on any atom is 0.234 e. The van der Waals surface area contributed by atoms with Gasteiger partial charge in [0.25, 0.3) is 0 Å². The van der Waals surface area contributed by atoms with Crippen LogP contribution in [0.2, 0.25) is 0 Å². The van der Waals surface area contributed by atoms with Crippen LogP contribution in [-0.2, 0) is 20.0 Å². The summed E-state index contributed by atoms with van der Waals surface area (Å²) < 4.78 is 7.42. The molecule has 1 N–H and O–H groups in total. The summed E-state index contributed by atoms with van der Waals surface area (Å²) in [6.45, 7) is 7.63. The zero-order valence-corrected chi connectivity index (χ0v) is 13.1. The maximum atomic E-state index is 5.58. The third-order valence-electron chi connectivity index (χ3n) is 2.96. The molecule has 6 nitrogen and oxygen atoms in total. The lowest BCUT2D eigenvalue weighted by molar-refractivity contribution is 0.260. The van der Waals surface area contributed by atoms with Crippen molar-refractivity contribution < 1.29 is 4.74 Å². The molecule has 0 aliphatic heterocycles. The first-order valence-electron chi connectivity index (χ1n) is 7.28. The molecular formula is C15H23N5O. The SMILES string of the molecule is CCc1nn(C)cc1CNc1cncc(OCC(C)C)n1. The quantitative estimate of drug-likeness (QED) is 0.848. The zero-order chi connectivity index (χ0) is 15.2. The molecule has 6 heteroatoms. The predicted octanol–water partition coefficient (Wildman–Crippen LogP) is 2.42. The van der Waals surface area contributed by atoms with Crippen LogP contribution < -0.4 is 10.1 Å². The van der Waals surface area contributed by atoms with E-state index in [1.54, 1.807) is 12.4 Å². The Hall–Kier alpha value is -2.11. The second kappa shape index (κ2) is 7.06. The van der Waals surface area contributed by atoms with Crippen molar-refractivity contribution in [1.29, 1.82) is 0 Å². The minimum atomic E-state index is 0.464. The minimum absolute atomic E-state index is 0.464. The Labute approximate surface area is 125 Å². The van der Waals surface area contributed by atoms with E-state index in [2.05, 4.69) is 41.2 Å². The highest BCUT2D eigenvalue weighted by atomic mass is 16.5. The normalized spacial score (nSPS) is 10.9. The van der Waals surface area contributed by atoms with Gasteiger partial charge in [-0.15, -0.1) is 0 Å². The highest BCUT2D eigenvalue weighted by Crippen LogP contribution is 2.13. The van der Waals surface area contributed by atoms with Gasteiger partial charge in [-0.2, -0.15) is 10.1 Å². The van der Waals surface area contributed by atoms with Crippen molar-refractivity contribution in [1.82, 2.24) is 19.7 Å². The summed E-state index contributed by atoms with van der Waals surface area (Å²) >= 11 is 0. The Morgan fingerprint density at radius 2 is 2.14 bits per heavy atom. The Balaban J connectivity index is 1.98. The van der Waals surface area contributed by atoms with E-state index in [1.807, 2.05) is 17.9 Å². The van der Waals surface area contributed by atoms with Gasteiger partial charge in [0.15, 0.2) is 0 Å². The number of nitrogens with zero attached hydrogens (tertiary/aromatic N) is 4. The zero-order valence-electron chi connectivity index (χ0n) is 13.1. The van der Waals surface area contributed by atoms with Gasteiger partial charge >= 0.3 is 0 Å². The van der Waals surface area contributed by atoms with Crippen molar-refractivity contribution in [2.45, 2.75) is 33.7 Å². The summed E-state index contributed by atoms with van der Waals surface area (Å²) in [5.74, 6) is 1.73. The molecule has 0 unspecified atom stereocenters. The molecule has 2 rings (SSSR count). The van der Waals surface area contributed by atoms with Crippen LogP contribution in [0, 0.1) is 5.92 Å². The number of anilines is 1. The molecule has 0 aromatic carbocycles. The van der Waals surface area contributed by atoms with Gasteiger partial charge in [0, 0.05) is 25.4 Å². The molecule has 0 spiro atoms. The van der Waals surface area contributed by atoms with Crippen molar-refractivity contribution in [3.8, 4) is 5.88 Å². The number of aromatic nitrogens is 4. The van der Waals surface area contributed by atoms with Crippen LogP contribution in [0.4, 0.5) is 5.82 Å². The molecule has 0 saturated heterocycles. The van der Waals surface area contributed by atoms with Crippen molar-refractivity contribution in [2.24, 2.45) is 13.0 Å². The third-order valence-corrected chi connectivity index (χ3v) is 2.96. The van der Waals surface area contributed by atoms with Crippen molar-refractivity contribution in [2.75, 3.05) is 11.9 Å². The van der Waals surface area contributed by atoms with Crippen molar-refractivity contribution in [3.63, 3.8) is 0 Å². The number of ether oxygens (including phenoxy) is 1. The van der Waals surface area contributed by atoms with Crippen LogP contribution in [0.5, 0.6) is 5.88 Å². The third kappa shape index (κ3) is 4.44. The lowest BCUT2D eigenvalue weighted by Crippen LogP contribution is -2.08. The smallest absolute Gasteiger partial charge is 0.234 e. The lowest BCUT2D eigenvalue weighted by atomic mass is 10.2. The molecule has 2 aromatic heterocycles. The lowest BCUT2D eigenvalue weighted by Gasteiger charge is -2.09. The molecule has 21 heavy (non-hydrogen) atoms. The van der Waals surface area contributed by atoms with Gasteiger partial charge in [-0.05, 0) is 12.3 Å². The number of nitrogens with one attached hydrogen (secondary N) is 1. The van der Waals surface area contributed by atoms with Crippen molar-refractivity contribution >= 4 is 5.82 Å². The Morgan fingerprint density at radius 1 is 1.33 bits per heavy atom. The largest absolute Gasteiger partial charge is 0.476 e. The van der Waals surface area contributed by atoms with Crippen LogP contribution in [0.1, 0.15) is 32.0 Å². The van der Waals surface area contributed by atoms with Gasteiger partial charge in [-0.3, -0.25) is 9.67 Å². The number of hydrogen-bond acceptors (Lipinski definition) is 5. The summed E-state index contributed by atoms with van der Waals surface area (Å²) in [5.41, 5.74) is 2.28. The molecule has 2 aromatic rings. The van der Waals surface area contributed by atoms with Crippen LogP contribution >= 0.6 is 0 Å². The Morgan fingerprint density at radius 3 is 2.86 bits per heavy atom. The summed E-state index contributed by atoms with van der Waals surface area (Å²) in [6, 6.07) is 0. The summed E-state index contributed by atoms with van der Waals surface area (Å²) in [4.78, 5) is 8.55. The molecule has 2 heterocycles. The van der Waals surface area contributed by atoms with E-state index in [-0.39, 0.29) is 0 Å². The monoisotopic (exact) mass is 289 g/mol. The van der Waals surface area contributed by atoms with Gasteiger partial charge in [0.2, 0.25) is 5.88 Å². The van der Waals surface area contributed by atoms with E-state index in [4.69, 9.17) is 4.74 Å². The highest BCUT2D eigenvalue weighted by molar-refractivity contribution is 5.35. The van der Waals surface area contributed by atoms with E-state index >= 15 is 0 Å². The number of rotatable bonds is 7. The van der Waals surface area contributed by atoms with Crippen LogP contribution in [0.3, 0.4) is 0 Å². The van der Waals surface area contributed by atoms with Gasteiger partial charge in [0.05, 0.1) is 24.7 Å². The molecule has 0 aliphatic carbocycles. The van der Waals surface area contributed by atoms with E-state index < -0.39 is 0 Å².